The number of nitrogens with zero attached hydrogens (tertiary/aromatic N) is 2. The van der Waals surface area contributed by atoms with Crippen molar-refractivity contribution in [2.24, 2.45) is 50.7 Å². The molecule has 3 fully saturated rings. The summed E-state index contributed by atoms with van der Waals surface area (Å²) in [4.78, 5) is 27.7. The van der Waals surface area contributed by atoms with Crippen LogP contribution < -0.4 is 5.32 Å². The summed E-state index contributed by atoms with van der Waals surface area (Å²) in [6, 6.07) is 4.24. The Hall–Kier alpha value is -2.26. The molecule has 0 amide bonds. The molecule has 1 heterocycles. The van der Waals surface area contributed by atoms with E-state index in [1.807, 2.05) is 32.9 Å². The first-order valence-electron chi connectivity index (χ1n) is 16.4. The minimum atomic E-state index is -0.601. The molecule has 3 saturated carbocycles. The third-order valence-corrected chi connectivity index (χ3v) is 13.2. The van der Waals surface area contributed by atoms with Crippen LogP contribution in [0.3, 0.4) is 0 Å². The lowest BCUT2D eigenvalue weighted by atomic mass is 9.35. The SMILES string of the molecule is Cc1cc(CNC[C@H]2CCC(C)(C)CCC3C(=O)C[C@@H]4[C@@]5(C)C=C(C#N)C(=O)C(C)(C)[C@@H]5CC[C@@]4(C)[C@]3(C)CC2)no1. The van der Waals surface area contributed by atoms with Crippen LogP contribution in [0, 0.1) is 69.0 Å². The number of aromatic nitrogens is 1. The first-order chi connectivity index (χ1) is 19.6. The molecule has 5 rings (SSSR count). The minimum Gasteiger partial charge on any atom is -0.361 e. The van der Waals surface area contributed by atoms with Gasteiger partial charge in [0.25, 0.3) is 0 Å². The molecule has 6 nitrogen and oxygen atoms in total. The number of rotatable bonds is 4. The molecule has 1 aromatic rings. The van der Waals surface area contributed by atoms with E-state index in [9.17, 15) is 14.9 Å². The second-order valence-electron chi connectivity index (χ2n) is 16.5. The lowest BCUT2D eigenvalue weighted by molar-refractivity contribution is -0.190. The van der Waals surface area contributed by atoms with Crippen LogP contribution in [0.25, 0.3) is 0 Å². The van der Waals surface area contributed by atoms with Gasteiger partial charge >= 0.3 is 0 Å². The quantitative estimate of drug-likeness (QED) is 0.394. The number of hydrogen-bond acceptors (Lipinski definition) is 6. The summed E-state index contributed by atoms with van der Waals surface area (Å²) in [7, 11) is 0. The number of aryl methyl sites for hydroxylation is 1. The molecule has 4 aliphatic rings. The van der Waals surface area contributed by atoms with Crippen LogP contribution in [0.2, 0.25) is 0 Å². The van der Waals surface area contributed by atoms with E-state index in [2.05, 4.69) is 51.2 Å². The highest BCUT2D eigenvalue weighted by atomic mass is 16.5. The zero-order valence-corrected chi connectivity index (χ0v) is 27.4. The normalized spacial score (nSPS) is 39.7. The predicted molar refractivity (Wildman–Crippen MR) is 164 cm³/mol. The molecule has 0 bridgehead atoms. The number of allylic oxidation sites excluding steroid dienone is 2. The van der Waals surface area contributed by atoms with E-state index < -0.39 is 5.41 Å². The molecule has 0 aromatic carbocycles. The lowest BCUT2D eigenvalue weighted by Gasteiger charge is -2.68. The van der Waals surface area contributed by atoms with Crippen LogP contribution in [-0.2, 0) is 16.1 Å². The molecule has 1 N–H and O–H groups in total. The van der Waals surface area contributed by atoms with Crippen LogP contribution in [0.4, 0.5) is 0 Å². The Labute approximate surface area is 253 Å². The molecular formula is C36H53N3O3. The van der Waals surface area contributed by atoms with Gasteiger partial charge in [-0.1, -0.05) is 59.7 Å². The van der Waals surface area contributed by atoms with E-state index in [1.165, 1.54) is 12.8 Å². The molecule has 4 aliphatic carbocycles. The van der Waals surface area contributed by atoms with Gasteiger partial charge in [-0.05, 0) is 104 Å². The van der Waals surface area contributed by atoms with Crippen LogP contribution in [0.1, 0.15) is 118 Å². The highest BCUT2D eigenvalue weighted by molar-refractivity contribution is 6.04. The summed E-state index contributed by atoms with van der Waals surface area (Å²) in [6.07, 6.45) is 11.1. The fourth-order valence-electron chi connectivity index (χ4n) is 10.3. The summed E-state index contributed by atoms with van der Waals surface area (Å²) in [6.45, 7) is 19.6. The third kappa shape index (κ3) is 5.02. The van der Waals surface area contributed by atoms with Crippen LogP contribution in [0.5, 0.6) is 0 Å². The van der Waals surface area contributed by atoms with Crippen molar-refractivity contribution in [1.29, 1.82) is 5.26 Å². The molecule has 0 aliphatic heterocycles. The summed E-state index contributed by atoms with van der Waals surface area (Å²) < 4.78 is 5.26. The minimum absolute atomic E-state index is 0.0284. The zero-order valence-electron chi connectivity index (χ0n) is 27.4. The van der Waals surface area contributed by atoms with Crippen molar-refractivity contribution in [3.63, 3.8) is 0 Å². The Morgan fingerprint density at radius 1 is 0.952 bits per heavy atom. The first kappa shape index (κ1) is 31.2. The van der Waals surface area contributed by atoms with Crippen molar-refractivity contribution >= 4 is 11.6 Å². The molecular weight excluding hydrogens is 522 g/mol. The molecule has 0 spiro atoms. The Kier molecular flexibility index (Phi) is 7.96. The third-order valence-electron chi connectivity index (χ3n) is 13.2. The maximum Gasteiger partial charge on any atom is 0.178 e. The van der Waals surface area contributed by atoms with Crippen molar-refractivity contribution in [3.05, 3.63) is 29.2 Å². The van der Waals surface area contributed by atoms with Crippen LogP contribution >= 0.6 is 0 Å². The van der Waals surface area contributed by atoms with Crippen LogP contribution in [-0.4, -0.2) is 23.3 Å². The highest BCUT2D eigenvalue weighted by Gasteiger charge is 2.68. The van der Waals surface area contributed by atoms with Gasteiger partial charge in [0.2, 0.25) is 0 Å². The number of nitriles is 1. The predicted octanol–water partition coefficient (Wildman–Crippen LogP) is 7.76. The molecule has 230 valence electrons. The molecule has 42 heavy (non-hydrogen) atoms. The average molecular weight is 576 g/mol. The summed E-state index contributed by atoms with van der Waals surface area (Å²) in [5.74, 6) is 2.06. The molecule has 1 aromatic heterocycles. The molecule has 0 radical (unpaired) electrons. The Morgan fingerprint density at radius 3 is 2.29 bits per heavy atom. The zero-order chi connectivity index (χ0) is 30.7. The lowest BCUT2D eigenvalue weighted by Crippen LogP contribution is -2.65. The Balaban J connectivity index is 1.48. The number of carbonyl (C=O) groups excluding carboxylic acids is 2. The standard InChI is InChI=1S/C36H53N3O3/c1-23-17-26(39-42-23)22-38-21-24-9-13-32(2,3)14-11-27-28(40)18-30-34(6)19-25(20-37)31(41)33(4,5)29(34)12-16-36(30,8)35(27,7)15-10-24/h17,19,24,27,29-30,38H,9-16,18,21-22H2,1-8H3/t24-,27?,29-,30+,34-,35+,36+/m0/s1. The maximum atomic E-state index is 14.3. The van der Waals surface area contributed by atoms with Crippen molar-refractivity contribution < 1.29 is 14.1 Å². The van der Waals surface area contributed by atoms with E-state index in [0.717, 1.165) is 56.5 Å². The van der Waals surface area contributed by atoms with Gasteiger partial charge < -0.3 is 9.84 Å². The summed E-state index contributed by atoms with van der Waals surface area (Å²) in [5, 5.41) is 17.8. The maximum absolute atomic E-state index is 14.3. The number of carbonyl (C=O) groups is 2. The number of Topliss-reactive ketones (excluding diaryl/α,β-unsaturated/α-hetero) is 2. The van der Waals surface area contributed by atoms with Crippen molar-refractivity contribution in [1.82, 2.24) is 10.5 Å². The van der Waals surface area contributed by atoms with Gasteiger partial charge in [-0.3, -0.25) is 9.59 Å². The fraction of sp³-hybridized carbons (Fsp3) is 0.778. The monoisotopic (exact) mass is 575 g/mol. The topological polar surface area (TPSA) is 96.0 Å². The second kappa shape index (κ2) is 10.7. The van der Waals surface area contributed by atoms with Gasteiger partial charge in [0.05, 0.1) is 11.3 Å². The second-order valence-corrected chi connectivity index (χ2v) is 16.5. The van der Waals surface area contributed by atoms with Gasteiger partial charge in [-0.25, -0.2) is 0 Å². The Bertz CT molecular complexity index is 1300. The fourth-order valence-corrected chi connectivity index (χ4v) is 10.3. The van der Waals surface area contributed by atoms with Gasteiger partial charge in [0, 0.05) is 30.4 Å². The number of hydrogen-bond donors (Lipinski definition) is 1. The van der Waals surface area contributed by atoms with Crippen molar-refractivity contribution in [2.75, 3.05) is 6.54 Å². The number of ketones is 2. The number of fused-ring (bicyclic) bond motifs is 5. The van der Waals surface area contributed by atoms with E-state index in [1.54, 1.807) is 0 Å². The Morgan fingerprint density at radius 2 is 1.62 bits per heavy atom. The van der Waals surface area contributed by atoms with E-state index in [-0.39, 0.29) is 45.2 Å². The average Bonchev–Trinajstić information content (AvgIpc) is 3.33. The largest absolute Gasteiger partial charge is 0.361 e. The van der Waals surface area contributed by atoms with Gasteiger partial charge in [0.15, 0.2) is 5.78 Å². The smallest absolute Gasteiger partial charge is 0.178 e. The van der Waals surface area contributed by atoms with Crippen molar-refractivity contribution in [3.8, 4) is 6.07 Å². The van der Waals surface area contributed by atoms with E-state index >= 15 is 0 Å². The van der Waals surface area contributed by atoms with Crippen LogP contribution in [0.15, 0.2) is 22.2 Å². The summed E-state index contributed by atoms with van der Waals surface area (Å²) >= 11 is 0. The highest BCUT2D eigenvalue weighted by Crippen LogP contribution is 2.72. The van der Waals surface area contributed by atoms with Gasteiger partial charge in [-0.2, -0.15) is 5.26 Å². The van der Waals surface area contributed by atoms with Gasteiger partial charge in [0.1, 0.15) is 17.6 Å². The molecule has 7 atom stereocenters. The molecule has 0 saturated heterocycles. The number of nitrogens with one attached hydrogen (secondary N) is 1. The van der Waals surface area contributed by atoms with Crippen molar-refractivity contribution in [2.45, 2.75) is 120 Å². The van der Waals surface area contributed by atoms with E-state index in [0.29, 0.717) is 30.2 Å². The molecule has 1 unspecified atom stereocenters. The van der Waals surface area contributed by atoms with E-state index in [4.69, 9.17) is 4.52 Å². The molecule has 6 heteroatoms. The first-order valence-corrected chi connectivity index (χ1v) is 16.4. The van der Waals surface area contributed by atoms with Gasteiger partial charge in [-0.15, -0.1) is 0 Å². The summed E-state index contributed by atoms with van der Waals surface area (Å²) in [5.41, 5.74) is 0.284.